The summed E-state index contributed by atoms with van der Waals surface area (Å²) in [6, 6.07) is 2.33. The normalized spacial score (nSPS) is 24.4. The van der Waals surface area contributed by atoms with Crippen molar-refractivity contribution in [1.82, 2.24) is 4.98 Å². The first-order valence-electron chi connectivity index (χ1n) is 5.01. The smallest absolute Gasteiger partial charge is 0.339 e. The van der Waals surface area contributed by atoms with Gasteiger partial charge in [-0.2, -0.15) is 0 Å². The maximum absolute atomic E-state index is 13.2. The van der Waals surface area contributed by atoms with Crippen LogP contribution in [0.1, 0.15) is 22.5 Å². The van der Waals surface area contributed by atoms with Gasteiger partial charge in [0, 0.05) is 12.6 Å². The number of alkyl halides is 2. The summed E-state index contributed by atoms with van der Waals surface area (Å²) in [7, 11) is 1.17. The number of halogens is 2. The van der Waals surface area contributed by atoms with Crippen LogP contribution in [0.3, 0.4) is 0 Å². The topological polar surface area (TPSA) is 76.5 Å². The molecule has 0 aliphatic heterocycles. The van der Waals surface area contributed by atoms with E-state index >= 15 is 0 Å². The molecule has 1 aliphatic carbocycles. The Bertz CT molecular complexity index is 514. The molecule has 0 saturated heterocycles. The zero-order valence-electron chi connectivity index (χ0n) is 9.31. The number of rotatable bonds is 3. The molecule has 5 nitrogen and oxygen atoms in total. The average Bonchev–Trinajstić information content (AvgIpc) is 2.93. The van der Waals surface area contributed by atoms with Crippen LogP contribution in [-0.4, -0.2) is 35.1 Å². The van der Waals surface area contributed by atoms with E-state index < -0.39 is 29.7 Å². The maximum atomic E-state index is 13.2. The van der Waals surface area contributed by atoms with Gasteiger partial charge in [0.1, 0.15) is 0 Å². The highest BCUT2D eigenvalue weighted by molar-refractivity contribution is 5.90. The minimum absolute atomic E-state index is 0.0748. The van der Waals surface area contributed by atoms with Gasteiger partial charge in [-0.05, 0) is 12.1 Å². The molecule has 2 rings (SSSR count). The van der Waals surface area contributed by atoms with Crippen molar-refractivity contribution in [3.63, 3.8) is 0 Å². The first-order chi connectivity index (χ1) is 8.35. The molecule has 1 saturated carbocycles. The fourth-order valence-corrected chi connectivity index (χ4v) is 1.79. The van der Waals surface area contributed by atoms with Crippen molar-refractivity contribution in [2.75, 3.05) is 7.11 Å². The van der Waals surface area contributed by atoms with Crippen molar-refractivity contribution in [1.29, 1.82) is 0 Å². The Hall–Kier alpha value is -2.05. The fraction of sp³-hybridized carbons (Fsp3) is 0.364. The molecule has 1 aromatic rings. The number of aliphatic carboxylic acids is 1. The average molecular weight is 257 g/mol. The lowest BCUT2D eigenvalue weighted by Crippen LogP contribution is -2.28. The summed E-state index contributed by atoms with van der Waals surface area (Å²) >= 11 is 0. The summed E-state index contributed by atoms with van der Waals surface area (Å²) in [5, 5.41) is 8.91. The SMILES string of the molecule is COC(=O)c1ccc(C2(C(=O)O)CC2(F)F)nc1. The maximum Gasteiger partial charge on any atom is 0.339 e. The van der Waals surface area contributed by atoms with Crippen LogP contribution in [0.25, 0.3) is 0 Å². The first kappa shape index (κ1) is 12.4. The van der Waals surface area contributed by atoms with Gasteiger partial charge in [0.05, 0.1) is 18.4 Å². The van der Waals surface area contributed by atoms with Crippen LogP contribution >= 0.6 is 0 Å². The Balaban J connectivity index is 2.36. The third-order valence-corrected chi connectivity index (χ3v) is 2.97. The number of nitrogens with zero attached hydrogens (tertiary/aromatic N) is 1. The zero-order chi connectivity index (χ0) is 13.6. The second-order valence-electron chi connectivity index (χ2n) is 4.02. The third-order valence-electron chi connectivity index (χ3n) is 2.97. The lowest BCUT2D eigenvalue weighted by molar-refractivity contribution is -0.143. The van der Waals surface area contributed by atoms with E-state index in [1.165, 1.54) is 13.2 Å². The molecule has 0 bridgehead atoms. The molecular weight excluding hydrogens is 248 g/mol. The number of aromatic nitrogens is 1. The lowest BCUT2D eigenvalue weighted by atomic mass is 10.0. The summed E-state index contributed by atoms with van der Waals surface area (Å²) in [6.07, 6.45) is 0.250. The van der Waals surface area contributed by atoms with Gasteiger partial charge in [0.25, 0.3) is 5.92 Å². The highest BCUT2D eigenvalue weighted by Crippen LogP contribution is 2.61. The molecular formula is C11H9F2NO4. The van der Waals surface area contributed by atoms with E-state index in [1.54, 1.807) is 0 Å². The van der Waals surface area contributed by atoms with Crippen molar-refractivity contribution in [2.45, 2.75) is 17.8 Å². The van der Waals surface area contributed by atoms with Gasteiger partial charge in [-0.3, -0.25) is 9.78 Å². The predicted molar refractivity (Wildman–Crippen MR) is 54.5 cm³/mol. The number of carbonyl (C=O) groups excluding carboxylic acids is 1. The van der Waals surface area contributed by atoms with Crippen molar-refractivity contribution in [3.05, 3.63) is 29.6 Å². The summed E-state index contributed by atoms with van der Waals surface area (Å²) < 4.78 is 30.8. The van der Waals surface area contributed by atoms with Crippen LogP contribution in [0.15, 0.2) is 18.3 Å². The van der Waals surface area contributed by atoms with Crippen LogP contribution in [0, 0.1) is 0 Å². The summed E-state index contributed by atoms with van der Waals surface area (Å²) in [4.78, 5) is 25.7. The molecule has 1 heterocycles. The van der Waals surface area contributed by atoms with E-state index in [0.29, 0.717) is 0 Å². The molecule has 7 heteroatoms. The Labute approximate surface area is 100 Å². The van der Waals surface area contributed by atoms with E-state index in [-0.39, 0.29) is 11.3 Å². The lowest BCUT2D eigenvalue weighted by Gasteiger charge is -2.10. The van der Waals surface area contributed by atoms with Gasteiger partial charge < -0.3 is 9.84 Å². The predicted octanol–water partition coefficient (Wildman–Crippen LogP) is 1.23. The van der Waals surface area contributed by atoms with E-state index in [0.717, 1.165) is 12.3 Å². The molecule has 18 heavy (non-hydrogen) atoms. The van der Waals surface area contributed by atoms with Crippen LogP contribution < -0.4 is 0 Å². The molecule has 1 fully saturated rings. The van der Waals surface area contributed by atoms with Crippen LogP contribution in [-0.2, 0) is 14.9 Å². The molecule has 1 N–H and O–H groups in total. The monoisotopic (exact) mass is 257 g/mol. The number of hydrogen-bond donors (Lipinski definition) is 1. The first-order valence-corrected chi connectivity index (χ1v) is 5.01. The van der Waals surface area contributed by atoms with Gasteiger partial charge >= 0.3 is 11.9 Å². The van der Waals surface area contributed by atoms with Gasteiger partial charge in [0.15, 0.2) is 5.41 Å². The molecule has 0 spiro atoms. The highest BCUT2D eigenvalue weighted by atomic mass is 19.3. The van der Waals surface area contributed by atoms with E-state index in [2.05, 4.69) is 9.72 Å². The summed E-state index contributed by atoms with van der Waals surface area (Å²) in [5.41, 5.74) is -2.44. The Morgan fingerprint density at radius 1 is 1.44 bits per heavy atom. The quantitative estimate of drug-likeness (QED) is 0.824. The molecule has 0 aromatic carbocycles. The van der Waals surface area contributed by atoms with Crippen LogP contribution in [0.4, 0.5) is 8.78 Å². The summed E-state index contributed by atoms with van der Waals surface area (Å²) in [5.74, 6) is -5.59. The van der Waals surface area contributed by atoms with Gasteiger partial charge in [-0.25, -0.2) is 13.6 Å². The fourth-order valence-electron chi connectivity index (χ4n) is 1.79. The number of carbonyl (C=O) groups is 2. The van der Waals surface area contributed by atoms with Crippen LogP contribution in [0.5, 0.6) is 0 Å². The molecule has 1 unspecified atom stereocenters. The number of methoxy groups -OCH3 is 1. The van der Waals surface area contributed by atoms with Gasteiger partial charge in [-0.15, -0.1) is 0 Å². The number of hydrogen-bond acceptors (Lipinski definition) is 4. The Morgan fingerprint density at radius 3 is 2.39 bits per heavy atom. The van der Waals surface area contributed by atoms with E-state index in [9.17, 15) is 18.4 Å². The van der Waals surface area contributed by atoms with Crippen molar-refractivity contribution in [3.8, 4) is 0 Å². The van der Waals surface area contributed by atoms with E-state index in [4.69, 9.17) is 5.11 Å². The number of ether oxygens (including phenoxy) is 1. The van der Waals surface area contributed by atoms with Gasteiger partial charge in [0.2, 0.25) is 0 Å². The number of carboxylic acids is 1. The molecule has 1 aliphatic rings. The largest absolute Gasteiger partial charge is 0.480 e. The molecule has 0 radical (unpaired) electrons. The minimum Gasteiger partial charge on any atom is -0.480 e. The molecule has 96 valence electrons. The Morgan fingerprint density at radius 2 is 2.06 bits per heavy atom. The van der Waals surface area contributed by atoms with Crippen molar-refractivity contribution in [2.24, 2.45) is 0 Å². The van der Waals surface area contributed by atoms with E-state index in [1.807, 2.05) is 0 Å². The third kappa shape index (κ3) is 1.54. The van der Waals surface area contributed by atoms with Crippen molar-refractivity contribution < 1.29 is 28.2 Å². The number of pyridine rings is 1. The molecule has 1 aromatic heterocycles. The van der Waals surface area contributed by atoms with Crippen molar-refractivity contribution >= 4 is 11.9 Å². The highest BCUT2D eigenvalue weighted by Gasteiger charge is 2.78. The number of esters is 1. The number of carboxylic acid groups (broad SMARTS) is 1. The molecule has 1 atom stereocenters. The minimum atomic E-state index is -3.31. The Kier molecular flexibility index (Phi) is 2.57. The van der Waals surface area contributed by atoms with Gasteiger partial charge in [-0.1, -0.05) is 0 Å². The summed E-state index contributed by atoms with van der Waals surface area (Å²) in [6.45, 7) is 0. The standard InChI is InChI=1S/C11H9F2NO4/c1-18-8(15)6-2-3-7(14-4-6)10(9(16)17)5-11(10,12)13/h2-4H,5H2,1H3,(H,16,17). The molecule has 0 amide bonds. The zero-order valence-corrected chi connectivity index (χ0v) is 9.31. The second kappa shape index (κ2) is 3.72. The second-order valence-corrected chi connectivity index (χ2v) is 4.02. The van der Waals surface area contributed by atoms with Crippen LogP contribution in [0.2, 0.25) is 0 Å².